The minimum atomic E-state index is -1.35. The predicted molar refractivity (Wildman–Crippen MR) is 73.7 cm³/mol. The number of methoxy groups -OCH3 is 2. The van der Waals surface area contributed by atoms with Gasteiger partial charge in [-0.2, -0.15) is 0 Å². The summed E-state index contributed by atoms with van der Waals surface area (Å²) in [6.07, 6.45) is 1.05. The second-order valence-electron chi connectivity index (χ2n) is 4.97. The number of rotatable bonds is 3. The maximum atomic E-state index is 14.0. The fraction of sp³-hybridized carbons (Fsp3) is 0.333. The summed E-state index contributed by atoms with van der Waals surface area (Å²) in [6.45, 7) is 2.85. The van der Waals surface area contributed by atoms with Crippen molar-refractivity contribution in [3.8, 4) is 11.5 Å². The zero-order valence-corrected chi connectivity index (χ0v) is 12.6. The third-order valence-electron chi connectivity index (χ3n) is 2.92. The normalized spacial score (nSPS) is 16.7. The van der Waals surface area contributed by atoms with Crippen LogP contribution < -0.4 is 9.47 Å². The Morgan fingerprint density at radius 1 is 1.05 bits per heavy atom. The average molecular weight is 310 g/mol. The number of esters is 2. The van der Waals surface area contributed by atoms with Crippen molar-refractivity contribution in [1.82, 2.24) is 0 Å². The number of halogens is 1. The molecule has 1 saturated heterocycles. The Bertz CT molecular complexity index is 640. The van der Waals surface area contributed by atoms with Crippen LogP contribution in [-0.4, -0.2) is 31.9 Å². The van der Waals surface area contributed by atoms with E-state index in [1.54, 1.807) is 0 Å². The Morgan fingerprint density at radius 3 is 2.05 bits per heavy atom. The molecule has 0 atom stereocenters. The number of cyclic esters (lactones) is 2. The van der Waals surface area contributed by atoms with Crippen LogP contribution in [0.4, 0.5) is 4.39 Å². The largest absolute Gasteiger partial charge is 0.493 e. The first kappa shape index (κ1) is 15.8. The van der Waals surface area contributed by atoms with Crippen LogP contribution in [0, 0.1) is 5.82 Å². The van der Waals surface area contributed by atoms with Crippen molar-refractivity contribution in [3.63, 3.8) is 0 Å². The van der Waals surface area contributed by atoms with E-state index in [0.29, 0.717) is 0 Å². The number of hydrogen-bond donors (Lipinski definition) is 0. The molecule has 1 fully saturated rings. The summed E-state index contributed by atoms with van der Waals surface area (Å²) in [7, 11) is 2.76. The van der Waals surface area contributed by atoms with Gasteiger partial charge < -0.3 is 18.9 Å². The van der Waals surface area contributed by atoms with Crippen LogP contribution >= 0.6 is 0 Å². The van der Waals surface area contributed by atoms with E-state index in [0.717, 1.165) is 12.1 Å². The molecule has 0 radical (unpaired) electrons. The molecule has 0 aromatic heterocycles. The molecular formula is C15H15FO6. The molecule has 0 amide bonds. The van der Waals surface area contributed by atoms with E-state index in [4.69, 9.17) is 18.9 Å². The quantitative estimate of drug-likeness (QED) is 0.483. The Kier molecular flexibility index (Phi) is 4.07. The first-order valence-electron chi connectivity index (χ1n) is 6.37. The van der Waals surface area contributed by atoms with Gasteiger partial charge in [0.2, 0.25) is 0 Å². The van der Waals surface area contributed by atoms with Gasteiger partial charge in [0.25, 0.3) is 5.79 Å². The Morgan fingerprint density at radius 2 is 1.55 bits per heavy atom. The first-order chi connectivity index (χ1) is 10.3. The van der Waals surface area contributed by atoms with Gasteiger partial charge in [-0.3, -0.25) is 0 Å². The van der Waals surface area contributed by atoms with Gasteiger partial charge in [-0.1, -0.05) is 0 Å². The molecule has 1 aromatic rings. The third kappa shape index (κ3) is 3.03. The van der Waals surface area contributed by atoms with Crippen LogP contribution in [0.3, 0.4) is 0 Å². The van der Waals surface area contributed by atoms with E-state index in [1.165, 1.54) is 34.1 Å². The molecule has 118 valence electrons. The molecule has 0 bridgehead atoms. The van der Waals surface area contributed by atoms with Crippen molar-refractivity contribution in [2.45, 2.75) is 19.6 Å². The van der Waals surface area contributed by atoms with Gasteiger partial charge in [-0.15, -0.1) is 0 Å². The zero-order valence-electron chi connectivity index (χ0n) is 12.6. The van der Waals surface area contributed by atoms with Gasteiger partial charge in [-0.25, -0.2) is 14.0 Å². The molecule has 0 spiro atoms. The molecule has 6 nitrogen and oxygen atoms in total. The number of hydrogen-bond acceptors (Lipinski definition) is 6. The van der Waals surface area contributed by atoms with Crippen molar-refractivity contribution in [3.05, 3.63) is 29.1 Å². The summed E-state index contributed by atoms with van der Waals surface area (Å²) >= 11 is 0. The van der Waals surface area contributed by atoms with E-state index in [-0.39, 0.29) is 17.1 Å². The van der Waals surface area contributed by atoms with Crippen LogP contribution in [0.25, 0.3) is 6.08 Å². The lowest BCUT2D eigenvalue weighted by atomic mass is 10.1. The third-order valence-corrected chi connectivity index (χ3v) is 2.92. The molecular weight excluding hydrogens is 295 g/mol. The molecule has 7 heteroatoms. The minimum Gasteiger partial charge on any atom is -0.493 e. The maximum absolute atomic E-state index is 14.0. The highest BCUT2D eigenvalue weighted by Crippen LogP contribution is 2.32. The second-order valence-corrected chi connectivity index (χ2v) is 4.97. The standard InChI is InChI=1S/C15H15FO6/c1-15(2)21-13(17)9(14(18)22-15)5-8-6-11(19-3)12(20-4)7-10(8)16/h5-7H,1-4H3. The van der Waals surface area contributed by atoms with Crippen molar-refractivity contribution in [2.24, 2.45) is 0 Å². The molecule has 1 heterocycles. The lowest BCUT2D eigenvalue weighted by Crippen LogP contribution is -2.41. The van der Waals surface area contributed by atoms with Gasteiger partial charge in [-0.05, 0) is 12.1 Å². The smallest absolute Gasteiger partial charge is 0.348 e. The van der Waals surface area contributed by atoms with Gasteiger partial charge in [0.15, 0.2) is 11.5 Å². The summed E-state index contributed by atoms with van der Waals surface area (Å²) in [5.41, 5.74) is -0.424. The summed E-state index contributed by atoms with van der Waals surface area (Å²) in [4.78, 5) is 23.7. The predicted octanol–water partition coefficient (Wildman–Crippen LogP) is 2.06. The van der Waals surface area contributed by atoms with Crippen LogP contribution in [0.2, 0.25) is 0 Å². The monoisotopic (exact) mass is 310 g/mol. The van der Waals surface area contributed by atoms with Crippen LogP contribution in [0.1, 0.15) is 19.4 Å². The van der Waals surface area contributed by atoms with Crippen LogP contribution in [-0.2, 0) is 19.1 Å². The fourth-order valence-electron chi connectivity index (χ4n) is 1.91. The van der Waals surface area contributed by atoms with E-state index >= 15 is 0 Å². The maximum Gasteiger partial charge on any atom is 0.348 e. The van der Waals surface area contributed by atoms with E-state index in [9.17, 15) is 14.0 Å². The number of carbonyl (C=O) groups excluding carboxylic acids is 2. The highest BCUT2D eigenvalue weighted by Gasteiger charge is 2.39. The molecule has 0 aliphatic carbocycles. The van der Waals surface area contributed by atoms with Crippen LogP contribution in [0.5, 0.6) is 11.5 Å². The molecule has 0 unspecified atom stereocenters. The van der Waals surface area contributed by atoms with Gasteiger partial charge in [0.1, 0.15) is 11.4 Å². The molecule has 2 rings (SSSR count). The SMILES string of the molecule is COc1cc(F)c(C=C2C(=O)OC(C)(C)OC2=O)cc1OC. The van der Waals surface area contributed by atoms with E-state index < -0.39 is 29.1 Å². The number of carbonyl (C=O) groups is 2. The second kappa shape index (κ2) is 5.67. The van der Waals surface area contributed by atoms with Crippen molar-refractivity contribution < 1.29 is 32.9 Å². The van der Waals surface area contributed by atoms with Crippen molar-refractivity contribution in [1.29, 1.82) is 0 Å². The Balaban J connectivity index is 2.45. The minimum absolute atomic E-state index is 0.0266. The topological polar surface area (TPSA) is 71.1 Å². The number of benzene rings is 1. The lowest BCUT2D eigenvalue weighted by molar-refractivity contribution is -0.222. The van der Waals surface area contributed by atoms with Crippen molar-refractivity contribution in [2.75, 3.05) is 14.2 Å². The highest BCUT2D eigenvalue weighted by atomic mass is 19.1. The van der Waals surface area contributed by atoms with Crippen molar-refractivity contribution >= 4 is 18.0 Å². The number of ether oxygens (including phenoxy) is 4. The van der Waals surface area contributed by atoms with Gasteiger partial charge in [0.05, 0.1) is 14.2 Å². The summed E-state index contributed by atoms with van der Waals surface area (Å²) in [5, 5.41) is 0. The highest BCUT2D eigenvalue weighted by molar-refractivity contribution is 6.18. The van der Waals surface area contributed by atoms with Gasteiger partial charge in [0, 0.05) is 25.5 Å². The van der Waals surface area contributed by atoms with E-state index in [2.05, 4.69) is 0 Å². The molecule has 0 saturated carbocycles. The lowest BCUT2D eigenvalue weighted by Gasteiger charge is -2.29. The zero-order chi connectivity index (χ0) is 16.5. The molecule has 0 N–H and O–H groups in total. The first-order valence-corrected chi connectivity index (χ1v) is 6.37. The summed E-state index contributed by atoms with van der Waals surface area (Å²) in [5.74, 6) is -3.34. The molecule has 1 aliphatic heterocycles. The molecule has 1 aromatic carbocycles. The fourth-order valence-corrected chi connectivity index (χ4v) is 1.91. The Labute approximate surface area is 126 Å². The Hall–Kier alpha value is -2.57. The van der Waals surface area contributed by atoms with Crippen LogP contribution in [0.15, 0.2) is 17.7 Å². The average Bonchev–Trinajstić information content (AvgIpc) is 2.42. The van der Waals surface area contributed by atoms with E-state index in [1.807, 2.05) is 0 Å². The van der Waals surface area contributed by atoms with Gasteiger partial charge >= 0.3 is 11.9 Å². The molecule has 1 aliphatic rings. The summed E-state index contributed by atoms with van der Waals surface area (Å²) < 4.78 is 33.9. The summed E-state index contributed by atoms with van der Waals surface area (Å²) in [6, 6.07) is 2.40. The molecule has 22 heavy (non-hydrogen) atoms.